The molecule has 2 aromatic rings. The van der Waals surface area contributed by atoms with Crippen LogP contribution < -0.4 is 10.9 Å². The molecule has 2 N–H and O–H groups in total. The van der Waals surface area contributed by atoms with Crippen LogP contribution in [0.25, 0.3) is 10.9 Å². The highest BCUT2D eigenvalue weighted by molar-refractivity contribution is 7.98. The zero-order valence-corrected chi connectivity index (χ0v) is 14.7. The molecule has 0 aliphatic heterocycles. The number of nitrogens with zero attached hydrogens (tertiary/aromatic N) is 3. The second-order valence-corrected chi connectivity index (χ2v) is 6.46. The van der Waals surface area contributed by atoms with Crippen LogP contribution in [0.1, 0.15) is 19.3 Å². The van der Waals surface area contributed by atoms with Crippen molar-refractivity contribution in [3.8, 4) is 0 Å². The Labute approximate surface area is 148 Å². The minimum Gasteiger partial charge on any atom is -0.480 e. The minimum absolute atomic E-state index is 0.115. The number of amides is 1. The molecule has 2 rings (SSSR count). The first-order chi connectivity index (χ1) is 12.0. The van der Waals surface area contributed by atoms with Crippen molar-refractivity contribution in [2.45, 2.75) is 31.8 Å². The molecule has 0 spiro atoms. The lowest BCUT2D eigenvalue weighted by Gasteiger charge is -2.13. The highest BCUT2D eigenvalue weighted by atomic mass is 32.2. The summed E-state index contributed by atoms with van der Waals surface area (Å²) >= 11 is 1.52. The highest BCUT2D eigenvalue weighted by Crippen LogP contribution is 2.04. The summed E-state index contributed by atoms with van der Waals surface area (Å²) in [6.07, 6.45) is 2.73. The average Bonchev–Trinajstić information content (AvgIpc) is 2.60. The summed E-state index contributed by atoms with van der Waals surface area (Å²) in [6.45, 7) is 0.243. The van der Waals surface area contributed by atoms with Gasteiger partial charge in [-0.1, -0.05) is 17.3 Å². The van der Waals surface area contributed by atoms with E-state index in [9.17, 15) is 14.4 Å². The molecule has 0 saturated heterocycles. The highest BCUT2D eigenvalue weighted by Gasteiger charge is 2.19. The van der Waals surface area contributed by atoms with E-state index in [2.05, 4.69) is 15.6 Å². The van der Waals surface area contributed by atoms with Crippen LogP contribution in [0.2, 0.25) is 0 Å². The van der Waals surface area contributed by atoms with Gasteiger partial charge in [0.2, 0.25) is 5.91 Å². The maximum atomic E-state index is 12.3. The lowest BCUT2D eigenvalue weighted by molar-refractivity contribution is -0.141. The third-order valence-corrected chi connectivity index (χ3v) is 4.29. The van der Waals surface area contributed by atoms with Gasteiger partial charge < -0.3 is 10.4 Å². The predicted molar refractivity (Wildman–Crippen MR) is 95.6 cm³/mol. The summed E-state index contributed by atoms with van der Waals surface area (Å²) in [5.41, 5.74) is 0.272. The molecule has 0 unspecified atom stereocenters. The molecule has 1 heterocycles. The van der Waals surface area contributed by atoms with Crippen molar-refractivity contribution >= 4 is 34.5 Å². The molecule has 1 aromatic heterocycles. The van der Waals surface area contributed by atoms with E-state index < -0.39 is 12.0 Å². The second-order valence-electron chi connectivity index (χ2n) is 5.48. The fourth-order valence-electron chi connectivity index (χ4n) is 2.32. The molecule has 8 nitrogen and oxygen atoms in total. The molecule has 134 valence electrons. The molecule has 1 amide bonds. The number of hydrogen-bond acceptors (Lipinski definition) is 6. The second kappa shape index (κ2) is 9.16. The maximum absolute atomic E-state index is 12.3. The number of carbonyl (C=O) groups excluding carboxylic acids is 1. The number of carboxylic acid groups (broad SMARTS) is 1. The van der Waals surface area contributed by atoms with Crippen LogP contribution in [-0.2, 0) is 16.1 Å². The molecule has 25 heavy (non-hydrogen) atoms. The van der Waals surface area contributed by atoms with Crippen molar-refractivity contribution in [2.24, 2.45) is 0 Å². The lowest BCUT2D eigenvalue weighted by Crippen LogP contribution is -2.41. The summed E-state index contributed by atoms with van der Waals surface area (Å²) in [5, 5.41) is 19.9. The van der Waals surface area contributed by atoms with Crippen molar-refractivity contribution in [3.05, 3.63) is 34.6 Å². The van der Waals surface area contributed by atoms with Gasteiger partial charge in [0.25, 0.3) is 5.56 Å². The molecule has 0 saturated carbocycles. The first-order valence-electron chi connectivity index (χ1n) is 7.86. The zero-order chi connectivity index (χ0) is 18.2. The molecule has 1 atom stereocenters. The Morgan fingerprint density at radius 3 is 2.84 bits per heavy atom. The lowest BCUT2D eigenvalue weighted by atomic mass is 10.2. The molecule has 0 fully saturated rings. The average molecular weight is 364 g/mol. The van der Waals surface area contributed by atoms with Crippen LogP contribution >= 0.6 is 11.8 Å². The van der Waals surface area contributed by atoms with E-state index in [0.717, 1.165) is 0 Å². The number of carboxylic acids is 1. The smallest absolute Gasteiger partial charge is 0.326 e. The number of aliphatic carboxylic acids is 1. The van der Waals surface area contributed by atoms with Crippen LogP contribution in [0.4, 0.5) is 0 Å². The Kier molecular flexibility index (Phi) is 6.93. The van der Waals surface area contributed by atoms with Gasteiger partial charge in [-0.2, -0.15) is 11.8 Å². The molecule has 0 aliphatic rings. The van der Waals surface area contributed by atoms with E-state index in [1.165, 1.54) is 16.4 Å². The standard InChI is InChI=1S/C16H20N4O4S/c1-25-10-8-13(16(23)24)17-14(21)7-4-9-20-15(22)11-5-2-3-6-12(11)18-19-20/h2-3,5-6,13H,4,7-10H2,1H3,(H,17,21)(H,23,24)/t13-/m0/s1. The Balaban J connectivity index is 1.89. The van der Waals surface area contributed by atoms with Crippen molar-refractivity contribution in [1.29, 1.82) is 0 Å². The fourth-order valence-corrected chi connectivity index (χ4v) is 2.79. The van der Waals surface area contributed by atoms with Gasteiger partial charge in [-0.25, -0.2) is 9.48 Å². The molecule has 0 radical (unpaired) electrons. The van der Waals surface area contributed by atoms with E-state index in [0.29, 0.717) is 29.5 Å². The van der Waals surface area contributed by atoms with Gasteiger partial charge in [0, 0.05) is 13.0 Å². The van der Waals surface area contributed by atoms with Crippen molar-refractivity contribution in [1.82, 2.24) is 20.3 Å². The van der Waals surface area contributed by atoms with Gasteiger partial charge in [-0.3, -0.25) is 9.59 Å². The van der Waals surface area contributed by atoms with E-state index in [1.807, 2.05) is 6.26 Å². The zero-order valence-electron chi connectivity index (χ0n) is 13.8. The van der Waals surface area contributed by atoms with Crippen molar-refractivity contribution in [3.63, 3.8) is 0 Å². The first kappa shape index (κ1) is 18.9. The Morgan fingerprint density at radius 1 is 1.36 bits per heavy atom. The summed E-state index contributed by atoms with van der Waals surface area (Å²) in [5.74, 6) is -0.742. The van der Waals surface area contributed by atoms with Crippen LogP contribution in [0.5, 0.6) is 0 Å². The van der Waals surface area contributed by atoms with Crippen LogP contribution in [0.15, 0.2) is 29.1 Å². The summed E-state index contributed by atoms with van der Waals surface area (Å²) in [4.78, 5) is 35.3. The number of rotatable bonds is 9. The number of fused-ring (bicyclic) bond motifs is 1. The van der Waals surface area contributed by atoms with E-state index >= 15 is 0 Å². The summed E-state index contributed by atoms with van der Waals surface area (Å²) < 4.78 is 1.22. The summed E-state index contributed by atoms with van der Waals surface area (Å²) in [7, 11) is 0. The third-order valence-electron chi connectivity index (χ3n) is 3.65. The van der Waals surface area contributed by atoms with Gasteiger partial charge in [0.15, 0.2) is 0 Å². The Morgan fingerprint density at radius 2 is 2.12 bits per heavy atom. The summed E-state index contributed by atoms with van der Waals surface area (Å²) in [6, 6.07) is 6.04. The number of carbonyl (C=O) groups is 2. The van der Waals surface area contributed by atoms with Gasteiger partial charge in [0.05, 0.1) is 5.39 Å². The number of aromatic nitrogens is 3. The topological polar surface area (TPSA) is 114 Å². The van der Waals surface area contributed by atoms with E-state index in [-0.39, 0.29) is 24.4 Å². The van der Waals surface area contributed by atoms with Crippen LogP contribution in [0.3, 0.4) is 0 Å². The molecule has 0 bridgehead atoms. The molecular formula is C16H20N4O4S. The van der Waals surface area contributed by atoms with Gasteiger partial charge in [0.1, 0.15) is 11.6 Å². The van der Waals surface area contributed by atoms with Crippen molar-refractivity contribution < 1.29 is 14.7 Å². The SMILES string of the molecule is CSCC[C@H](NC(=O)CCCn1nnc2ccccc2c1=O)C(=O)O. The predicted octanol–water partition coefficient (Wildman–Crippen LogP) is 0.894. The molecule has 9 heteroatoms. The number of thioether (sulfide) groups is 1. The van der Waals surface area contributed by atoms with Gasteiger partial charge in [-0.05, 0) is 37.0 Å². The van der Waals surface area contributed by atoms with Crippen molar-refractivity contribution in [2.75, 3.05) is 12.0 Å². The van der Waals surface area contributed by atoms with Gasteiger partial charge >= 0.3 is 5.97 Å². The van der Waals surface area contributed by atoms with Crippen LogP contribution in [0, 0.1) is 0 Å². The number of benzene rings is 1. The quantitative estimate of drug-likeness (QED) is 0.679. The molecule has 0 aliphatic carbocycles. The number of nitrogens with one attached hydrogen (secondary N) is 1. The molecular weight excluding hydrogens is 344 g/mol. The Bertz CT molecular complexity index is 808. The first-order valence-corrected chi connectivity index (χ1v) is 9.26. The van der Waals surface area contributed by atoms with E-state index in [1.54, 1.807) is 24.3 Å². The molecule has 1 aromatic carbocycles. The number of hydrogen-bond donors (Lipinski definition) is 2. The van der Waals surface area contributed by atoms with Crippen LogP contribution in [-0.4, -0.2) is 50.0 Å². The monoisotopic (exact) mass is 364 g/mol. The largest absolute Gasteiger partial charge is 0.480 e. The Hall–Kier alpha value is -2.42. The van der Waals surface area contributed by atoms with Gasteiger partial charge in [-0.15, -0.1) is 5.10 Å². The fraction of sp³-hybridized carbons (Fsp3) is 0.438. The van der Waals surface area contributed by atoms with E-state index in [4.69, 9.17) is 5.11 Å². The third kappa shape index (κ3) is 5.28. The number of aryl methyl sites for hydroxylation is 1. The minimum atomic E-state index is -1.04. The maximum Gasteiger partial charge on any atom is 0.326 e. The normalized spacial score (nSPS) is 12.0.